The fourth-order valence-electron chi connectivity index (χ4n) is 3.22. The Balaban J connectivity index is 1.83. The van der Waals surface area contributed by atoms with E-state index < -0.39 is 5.82 Å². The molecule has 1 heterocycles. The number of nitrogens with zero attached hydrogens (tertiary/aromatic N) is 1. The third-order valence-electron chi connectivity index (χ3n) is 4.64. The van der Waals surface area contributed by atoms with Crippen LogP contribution in [0.25, 0.3) is 10.9 Å². The summed E-state index contributed by atoms with van der Waals surface area (Å²) in [5.74, 6) is -0.123. The highest BCUT2D eigenvalue weighted by atomic mass is 19.1. The Bertz CT molecular complexity index is 1210. The molecule has 4 nitrogen and oxygen atoms in total. The number of rotatable bonds is 5. The Morgan fingerprint density at radius 2 is 1.83 bits per heavy atom. The van der Waals surface area contributed by atoms with E-state index >= 15 is 0 Å². The minimum atomic E-state index is -0.492. The number of fused-ring (bicyclic) bond motifs is 1. The third-order valence-corrected chi connectivity index (χ3v) is 4.64. The van der Waals surface area contributed by atoms with Crippen molar-refractivity contribution in [3.63, 3.8) is 0 Å². The van der Waals surface area contributed by atoms with Crippen LogP contribution in [0.5, 0.6) is 11.6 Å². The van der Waals surface area contributed by atoms with E-state index in [4.69, 9.17) is 10.5 Å². The predicted octanol–water partition coefficient (Wildman–Crippen LogP) is 5.54. The van der Waals surface area contributed by atoms with Crippen LogP contribution in [0.4, 0.5) is 10.1 Å². The van der Waals surface area contributed by atoms with Crippen molar-refractivity contribution in [1.82, 2.24) is 4.98 Å². The number of carbonyl (C=O) groups excluding carboxylic acids is 1. The quantitative estimate of drug-likeness (QED) is 0.361. The Hall–Kier alpha value is -3.73. The number of halogens is 1. The molecule has 29 heavy (non-hydrogen) atoms. The van der Waals surface area contributed by atoms with Gasteiger partial charge in [0.1, 0.15) is 11.6 Å². The summed E-state index contributed by atoms with van der Waals surface area (Å²) in [6, 6.07) is 21.3. The lowest BCUT2D eigenvalue weighted by atomic mass is 10.0. The van der Waals surface area contributed by atoms with Gasteiger partial charge in [-0.05, 0) is 55.0 Å². The summed E-state index contributed by atoms with van der Waals surface area (Å²) in [7, 11) is 0. The van der Waals surface area contributed by atoms with Gasteiger partial charge in [-0.2, -0.15) is 0 Å². The summed E-state index contributed by atoms with van der Waals surface area (Å²) >= 11 is 0. The molecule has 144 valence electrons. The van der Waals surface area contributed by atoms with Gasteiger partial charge in [0.2, 0.25) is 5.88 Å². The molecule has 0 unspecified atom stereocenters. The van der Waals surface area contributed by atoms with E-state index in [1.807, 2.05) is 48.5 Å². The summed E-state index contributed by atoms with van der Waals surface area (Å²) in [5.41, 5.74) is 9.40. The largest absolute Gasteiger partial charge is 0.438 e. The number of nitrogens with two attached hydrogens (primary N) is 1. The van der Waals surface area contributed by atoms with E-state index in [2.05, 4.69) is 4.98 Å². The van der Waals surface area contributed by atoms with Crippen LogP contribution in [0.2, 0.25) is 0 Å². The number of hydrogen-bond acceptors (Lipinski definition) is 4. The van der Waals surface area contributed by atoms with Gasteiger partial charge in [-0.25, -0.2) is 9.37 Å². The first-order valence-corrected chi connectivity index (χ1v) is 9.21. The SMILES string of the molecule is CC(=O)c1cc(F)ccc1Oc1nc2ccc(N)cc2cc1Cc1ccccc1. The maximum atomic E-state index is 13.6. The summed E-state index contributed by atoms with van der Waals surface area (Å²) in [5, 5.41) is 0.897. The first-order chi connectivity index (χ1) is 14.0. The van der Waals surface area contributed by atoms with Crippen molar-refractivity contribution in [2.45, 2.75) is 13.3 Å². The van der Waals surface area contributed by atoms with Crippen molar-refractivity contribution in [3.8, 4) is 11.6 Å². The molecule has 0 aliphatic carbocycles. The molecule has 0 aliphatic heterocycles. The van der Waals surface area contributed by atoms with Crippen LogP contribution >= 0.6 is 0 Å². The normalized spacial score (nSPS) is 10.8. The van der Waals surface area contributed by atoms with Crippen molar-refractivity contribution in [2.75, 3.05) is 5.73 Å². The number of ketones is 1. The summed E-state index contributed by atoms with van der Waals surface area (Å²) in [6.07, 6.45) is 0.588. The first kappa shape index (κ1) is 18.6. The van der Waals surface area contributed by atoms with E-state index in [1.54, 1.807) is 6.07 Å². The molecule has 5 heteroatoms. The second-order valence-electron chi connectivity index (χ2n) is 6.87. The zero-order valence-corrected chi connectivity index (χ0v) is 15.9. The minimum Gasteiger partial charge on any atom is -0.438 e. The number of ether oxygens (including phenoxy) is 1. The van der Waals surface area contributed by atoms with Crippen LogP contribution in [-0.2, 0) is 6.42 Å². The van der Waals surface area contributed by atoms with E-state index in [9.17, 15) is 9.18 Å². The van der Waals surface area contributed by atoms with E-state index in [-0.39, 0.29) is 17.1 Å². The summed E-state index contributed by atoms with van der Waals surface area (Å²) < 4.78 is 19.7. The number of aromatic nitrogens is 1. The monoisotopic (exact) mass is 386 g/mol. The molecule has 0 spiro atoms. The molecule has 4 aromatic rings. The van der Waals surface area contributed by atoms with Crippen molar-refractivity contribution >= 4 is 22.4 Å². The van der Waals surface area contributed by atoms with Gasteiger partial charge >= 0.3 is 0 Å². The summed E-state index contributed by atoms with van der Waals surface area (Å²) in [6.45, 7) is 1.38. The molecule has 0 aliphatic rings. The van der Waals surface area contributed by atoms with Crippen molar-refractivity contribution < 1.29 is 13.9 Å². The number of Topliss-reactive ketones (excluding diaryl/α,β-unsaturated/α-hetero) is 1. The molecule has 0 amide bonds. The van der Waals surface area contributed by atoms with Crippen LogP contribution in [0.15, 0.2) is 72.8 Å². The molecule has 0 fully saturated rings. The second kappa shape index (κ2) is 7.72. The van der Waals surface area contributed by atoms with Crippen LogP contribution in [0, 0.1) is 5.82 Å². The molecule has 0 radical (unpaired) electrons. The number of hydrogen-bond donors (Lipinski definition) is 1. The highest BCUT2D eigenvalue weighted by Crippen LogP contribution is 2.32. The van der Waals surface area contributed by atoms with Crippen molar-refractivity contribution in [2.24, 2.45) is 0 Å². The van der Waals surface area contributed by atoms with E-state index in [0.717, 1.165) is 22.0 Å². The van der Waals surface area contributed by atoms with Gasteiger partial charge < -0.3 is 10.5 Å². The van der Waals surface area contributed by atoms with Gasteiger partial charge in [0, 0.05) is 23.1 Å². The highest BCUT2D eigenvalue weighted by molar-refractivity contribution is 5.97. The van der Waals surface area contributed by atoms with Gasteiger partial charge in [0.05, 0.1) is 11.1 Å². The fourth-order valence-corrected chi connectivity index (χ4v) is 3.22. The second-order valence-corrected chi connectivity index (χ2v) is 6.87. The van der Waals surface area contributed by atoms with Gasteiger partial charge in [-0.1, -0.05) is 30.3 Å². The molecule has 0 saturated heterocycles. The molecule has 3 aromatic carbocycles. The number of nitrogen functional groups attached to an aromatic ring is 1. The highest BCUT2D eigenvalue weighted by Gasteiger charge is 2.15. The maximum absolute atomic E-state index is 13.6. The smallest absolute Gasteiger partial charge is 0.223 e. The fraction of sp³-hybridized carbons (Fsp3) is 0.0833. The van der Waals surface area contributed by atoms with Gasteiger partial charge in [-0.3, -0.25) is 4.79 Å². The Morgan fingerprint density at radius 1 is 1.03 bits per heavy atom. The zero-order chi connectivity index (χ0) is 20.4. The Labute approximate surface area is 167 Å². The summed E-state index contributed by atoms with van der Waals surface area (Å²) in [4.78, 5) is 16.6. The molecule has 0 bridgehead atoms. The zero-order valence-electron chi connectivity index (χ0n) is 15.9. The molecular formula is C24H19FN2O2. The molecule has 0 atom stereocenters. The van der Waals surface area contributed by atoms with Crippen molar-refractivity contribution in [1.29, 1.82) is 0 Å². The average Bonchev–Trinajstić information content (AvgIpc) is 2.70. The topological polar surface area (TPSA) is 65.2 Å². The number of benzene rings is 3. The van der Waals surface area contributed by atoms with Gasteiger partial charge in [0.15, 0.2) is 5.78 Å². The average molecular weight is 386 g/mol. The maximum Gasteiger partial charge on any atom is 0.223 e. The number of carbonyl (C=O) groups is 1. The predicted molar refractivity (Wildman–Crippen MR) is 112 cm³/mol. The minimum absolute atomic E-state index is 0.176. The van der Waals surface area contributed by atoms with Gasteiger partial charge in [0.25, 0.3) is 0 Å². The first-order valence-electron chi connectivity index (χ1n) is 9.21. The molecule has 0 saturated carbocycles. The van der Waals surface area contributed by atoms with Crippen LogP contribution < -0.4 is 10.5 Å². The standard InChI is InChI=1S/C24H19FN2O2/c1-15(28)21-14-19(25)7-10-23(21)29-24-18(11-16-5-3-2-4-6-16)12-17-13-20(26)8-9-22(17)27-24/h2-10,12-14H,11,26H2,1H3. The van der Waals surface area contributed by atoms with E-state index in [0.29, 0.717) is 18.0 Å². The number of pyridine rings is 1. The molecule has 2 N–H and O–H groups in total. The molecule has 1 aromatic heterocycles. The van der Waals surface area contributed by atoms with Crippen LogP contribution in [-0.4, -0.2) is 10.8 Å². The lowest BCUT2D eigenvalue weighted by Crippen LogP contribution is -2.02. The number of anilines is 1. The molecule has 4 rings (SSSR count). The Kier molecular flexibility index (Phi) is 4.96. The molecular weight excluding hydrogens is 367 g/mol. The lowest BCUT2D eigenvalue weighted by Gasteiger charge is -2.14. The van der Waals surface area contributed by atoms with Crippen molar-refractivity contribution in [3.05, 3.63) is 95.3 Å². The lowest BCUT2D eigenvalue weighted by molar-refractivity contribution is 0.101. The van der Waals surface area contributed by atoms with Gasteiger partial charge in [-0.15, -0.1) is 0 Å². The van der Waals surface area contributed by atoms with E-state index in [1.165, 1.54) is 25.1 Å². The third kappa shape index (κ3) is 4.09. The van der Waals surface area contributed by atoms with Crippen LogP contribution in [0.3, 0.4) is 0 Å². The Morgan fingerprint density at radius 3 is 2.59 bits per heavy atom. The van der Waals surface area contributed by atoms with Crippen LogP contribution in [0.1, 0.15) is 28.4 Å².